The van der Waals surface area contributed by atoms with Gasteiger partial charge in [-0.3, -0.25) is 5.01 Å². The van der Waals surface area contributed by atoms with Crippen LogP contribution in [0.1, 0.15) is 48.6 Å². The van der Waals surface area contributed by atoms with Crippen molar-refractivity contribution >= 4 is 38.6 Å². The Bertz CT molecular complexity index is 2670. The molecule has 1 saturated heterocycles. The van der Waals surface area contributed by atoms with E-state index in [1.807, 2.05) is 0 Å². The second kappa shape index (κ2) is 9.59. The first kappa shape index (κ1) is 27.1. The van der Waals surface area contributed by atoms with Crippen molar-refractivity contribution in [2.24, 2.45) is 4.99 Å². The molecule has 3 aliphatic rings. The Kier molecular flexibility index (Phi) is 5.30. The number of fused-ring (bicyclic) bond motifs is 12. The summed E-state index contributed by atoms with van der Waals surface area (Å²) in [5.74, 6) is 1.95. The molecule has 0 N–H and O–H groups in total. The molecule has 5 heteroatoms. The van der Waals surface area contributed by atoms with Gasteiger partial charge in [0.05, 0.1) is 11.0 Å². The number of hydrazine groups is 1. The quantitative estimate of drug-likeness (QED) is 0.182. The molecule has 2 aliphatic heterocycles. The summed E-state index contributed by atoms with van der Waals surface area (Å²) >= 11 is 0. The van der Waals surface area contributed by atoms with Gasteiger partial charge >= 0.3 is 0 Å². The van der Waals surface area contributed by atoms with Crippen molar-refractivity contribution in [2.75, 3.05) is 0 Å². The second-order valence-electron chi connectivity index (χ2n) is 13.9. The van der Waals surface area contributed by atoms with Gasteiger partial charge in [-0.15, -0.1) is 5.01 Å². The van der Waals surface area contributed by atoms with Gasteiger partial charge in [0.2, 0.25) is 6.29 Å². The Labute approximate surface area is 283 Å². The lowest BCUT2D eigenvalue weighted by atomic mass is 9.74. The zero-order chi connectivity index (χ0) is 32.4. The van der Waals surface area contributed by atoms with Gasteiger partial charge in [-0.2, -0.15) is 0 Å². The van der Waals surface area contributed by atoms with Crippen LogP contribution in [0.5, 0.6) is 0 Å². The average Bonchev–Trinajstić information content (AvgIpc) is 3.42. The standard InChI is InChI=1S/C44H32N4O/c1-44(2)33-22-12-9-19-29(33)37-31-21-11-14-24-36(31)49-40(37)32-25-26-35-38(39(32)44)30-20-10-13-23-34(30)46(35)43-45-41(27-15-5-3-6-16-27)47-42(48(43)47)28-17-7-4-8-18-28/h3-26,42-43H,1-2H3. The maximum atomic E-state index is 6.82. The van der Waals surface area contributed by atoms with E-state index in [1.165, 1.54) is 49.6 Å². The van der Waals surface area contributed by atoms with Crippen molar-refractivity contribution < 1.29 is 4.42 Å². The molecule has 3 unspecified atom stereocenters. The number of rotatable bonds is 3. The number of aliphatic imine (C=N–C) groups is 1. The van der Waals surface area contributed by atoms with Gasteiger partial charge in [0.15, 0.2) is 5.84 Å². The Morgan fingerprint density at radius 1 is 0.633 bits per heavy atom. The summed E-state index contributed by atoms with van der Waals surface area (Å²) in [6, 6.07) is 52.2. The van der Waals surface area contributed by atoms with Crippen molar-refractivity contribution in [2.45, 2.75) is 31.7 Å². The molecule has 4 heterocycles. The van der Waals surface area contributed by atoms with Crippen molar-refractivity contribution in [3.63, 3.8) is 0 Å². The normalized spacial score (nSPS) is 20.1. The lowest BCUT2D eigenvalue weighted by Gasteiger charge is -2.29. The van der Waals surface area contributed by atoms with Gasteiger partial charge in [0, 0.05) is 38.3 Å². The Hall–Kier alpha value is -5.91. The van der Waals surface area contributed by atoms with E-state index in [9.17, 15) is 0 Å². The zero-order valence-corrected chi connectivity index (χ0v) is 27.2. The second-order valence-corrected chi connectivity index (χ2v) is 13.9. The minimum atomic E-state index is -0.324. The van der Waals surface area contributed by atoms with Crippen molar-refractivity contribution in [1.29, 1.82) is 0 Å². The van der Waals surface area contributed by atoms with E-state index >= 15 is 0 Å². The monoisotopic (exact) mass is 632 g/mol. The van der Waals surface area contributed by atoms with E-state index in [0.29, 0.717) is 0 Å². The number of benzene rings is 6. The molecular weight excluding hydrogens is 601 g/mol. The number of para-hydroxylation sites is 2. The summed E-state index contributed by atoms with van der Waals surface area (Å²) in [5, 5.41) is 8.42. The highest BCUT2D eigenvalue weighted by molar-refractivity contribution is 6.15. The number of nitrogens with zero attached hydrogens (tertiary/aromatic N) is 4. The van der Waals surface area contributed by atoms with Crippen molar-refractivity contribution in [1.82, 2.24) is 14.6 Å². The third-order valence-corrected chi connectivity index (χ3v) is 10.9. The number of aromatic nitrogens is 1. The van der Waals surface area contributed by atoms with E-state index < -0.39 is 0 Å². The fourth-order valence-corrected chi connectivity index (χ4v) is 8.82. The van der Waals surface area contributed by atoms with E-state index in [1.54, 1.807) is 0 Å². The van der Waals surface area contributed by atoms with Gasteiger partial charge in [0.25, 0.3) is 0 Å². The number of furan rings is 1. The molecular formula is C44H32N4O. The van der Waals surface area contributed by atoms with Gasteiger partial charge in [-0.05, 0) is 46.5 Å². The summed E-state index contributed by atoms with van der Waals surface area (Å²) in [7, 11) is 0. The van der Waals surface area contributed by atoms with Gasteiger partial charge in [-0.1, -0.05) is 135 Å². The maximum Gasteiger partial charge on any atom is 0.204 e. The molecule has 3 atom stereocenters. The third kappa shape index (κ3) is 3.55. The molecule has 0 radical (unpaired) electrons. The number of hydrogen-bond acceptors (Lipinski definition) is 4. The van der Waals surface area contributed by atoms with E-state index in [4.69, 9.17) is 9.41 Å². The molecule has 8 aromatic rings. The van der Waals surface area contributed by atoms with Crippen LogP contribution < -0.4 is 0 Å². The van der Waals surface area contributed by atoms with Crippen LogP contribution in [0.3, 0.4) is 0 Å². The van der Waals surface area contributed by atoms with Crippen LogP contribution in [-0.2, 0) is 5.41 Å². The highest BCUT2D eigenvalue weighted by Gasteiger charge is 2.58. The summed E-state index contributed by atoms with van der Waals surface area (Å²) < 4.78 is 9.28. The molecule has 0 amide bonds. The average molecular weight is 633 g/mol. The molecule has 1 fully saturated rings. The van der Waals surface area contributed by atoms with Gasteiger partial charge in [-0.25, -0.2) is 4.99 Å². The summed E-state index contributed by atoms with van der Waals surface area (Å²) in [6.45, 7) is 4.76. The molecule has 6 aromatic carbocycles. The largest absolute Gasteiger partial charge is 0.455 e. The molecule has 1 aliphatic carbocycles. The third-order valence-electron chi connectivity index (χ3n) is 10.9. The fraction of sp³-hybridized carbons (Fsp3) is 0.114. The lowest BCUT2D eigenvalue weighted by molar-refractivity contribution is 0.269. The molecule has 0 spiro atoms. The topological polar surface area (TPSA) is 36.4 Å². The SMILES string of the molecule is CC1(C)c2ccccc2-c2c(oc3ccccc23)-c2ccc3c(c21)c1ccccc1n3C1N=C(c2ccccc2)N2C(c3ccccc3)N12. The van der Waals surface area contributed by atoms with Gasteiger partial charge in [0.1, 0.15) is 17.5 Å². The maximum absolute atomic E-state index is 6.82. The Balaban J connectivity index is 1.22. The predicted molar refractivity (Wildman–Crippen MR) is 197 cm³/mol. The first-order valence-corrected chi connectivity index (χ1v) is 17.0. The summed E-state index contributed by atoms with van der Waals surface area (Å²) in [5.41, 5.74) is 11.5. The van der Waals surface area contributed by atoms with Crippen molar-refractivity contribution in [3.8, 4) is 22.5 Å². The van der Waals surface area contributed by atoms with Gasteiger partial charge < -0.3 is 8.98 Å². The molecule has 49 heavy (non-hydrogen) atoms. The first-order chi connectivity index (χ1) is 24.1. The van der Waals surface area contributed by atoms with E-state index in [2.05, 4.69) is 174 Å². The molecule has 2 aromatic heterocycles. The smallest absolute Gasteiger partial charge is 0.204 e. The summed E-state index contributed by atoms with van der Waals surface area (Å²) in [6.07, 6.45) is -0.138. The van der Waals surface area contributed by atoms with Crippen LogP contribution in [0.4, 0.5) is 0 Å². The van der Waals surface area contributed by atoms with Crippen LogP contribution in [-0.4, -0.2) is 20.4 Å². The van der Waals surface area contributed by atoms with Crippen LogP contribution in [0.2, 0.25) is 0 Å². The number of amidine groups is 1. The summed E-state index contributed by atoms with van der Waals surface area (Å²) in [4.78, 5) is 5.49. The lowest BCUT2D eigenvalue weighted by Crippen LogP contribution is -2.20. The highest BCUT2D eigenvalue weighted by atomic mass is 16.3. The Morgan fingerprint density at radius 2 is 1.33 bits per heavy atom. The fourth-order valence-electron chi connectivity index (χ4n) is 8.82. The highest BCUT2D eigenvalue weighted by Crippen LogP contribution is 2.57. The zero-order valence-electron chi connectivity index (χ0n) is 27.2. The van der Waals surface area contributed by atoms with Crippen LogP contribution in [0.25, 0.3) is 55.2 Å². The van der Waals surface area contributed by atoms with Crippen LogP contribution >= 0.6 is 0 Å². The molecule has 234 valence electrons. The first-order valence-electron chi connectivity index (χ1n) is 17.0. The van der Waals surface area contributed by atoms with Crippen LogP contribution in [0.15, 0.2) is 155 Å². The van der Waals surface area contributed by atoms with Crippen molar-refractivity contribution in [3.05, 3.63) is 168 Å². The number of hydrogen-bond donors (Lipinski definition) is 0. The molecule has 5 nitrogen and oxygen atoms in total. The predicted octanol–water partition coefficient (Wildman–Crippen LogP) is 10.7. The minimum Gasteiger partial charge on any atom is -0.455 e. The Morgan fingerprint density at radius 3 is 2.16 bits per heavy atom. The molecule has 0 bridgehead atoms. The molecule has 0 saturated carbocycles. The molecule has 11 rings (SSSR count). The van der Waals surface area contributed by atoms with Crippen LogP contribution in [0, 0.1) is 0 Å². The van der Waals surface area contributed by atoms with E-state index in [-0.39, 0.29) is 17.9 Å². The minimum absolute atomic E-state index is 0.109. The van der Waals surface area contributed by atoms with E-state index in [0.717, 1.165) is 33.7 Å².